The van der Waals surface area contributed by atoms with Gasteiger partial charge in [-0.15, -0.1) is 0 Å². The number of amides is 1. The van der Waals surface area contributed by atoms with Crippen molar-refractivity contribution >= 4 is 17.7 Å². The summed E-state index contributed by atoms with van der Waals surface area (Å²) < 4.78 is 4.74. The fourth-order valence-electron chi connectivity index (χ4n) is 2.46. The van der Waals surface area contributed by atoms with E-state index in [1.54, 1.807) is 0 Å². The summed E-state index contributed by atoms with van der Waals surface area (Å²) in [6.45, 7) is 0. The van der Waals surface area contributed by atoms with E-state index in [-0.39, 0.29) is 23.5 Å². The largest absolute Gasteiger partial charge is 0.467 e. The molecule has 5 nitrogen and oxygen atoms in total. The van der Waals surface area contributed by atoms with Crippen LogP contribution in [0.25, 0.3) is 0 Å². The zero-order valence-corrected chi connectivity index (χ0v) is 10.6. The monoisotopic (exact) mass is 253 g/mol. The third-order valence-electron chi connectivity index (χ3n) is 3.69. The minimum atomic E-state index is -0.660. The first-order chi connectivity index (χ1) is 8.61. The summed E-state index contributed by atoms with van der Waals surface area (Å²) in [5.74, 6) is -0.411. The average Bonchev–Trinajstić information content (AvgIpc) is 3.19. The van der Waals surface area contributed by atoms with Crippen LogP contribution in [0.5, 0.6) is 0 Å². The molecule has 1 amide bonds. The number of methoxy groups -OCH3 is 1. The van der Waals surface area contributed by atoms with Gasteiger partial charge >= 0.3 is 5.97 Å². The van der Waals surface area contributed by atoms with Gasteiger partial charge < -0.3 is 10.1 Å². The maximum Gasteiger partial charge on any atom is 0.328 e. The molecule has 0 heterocycles. The number of Topliss-reactive ketones (excluding diaryl/α,β-unsaturated/α-hetero) is 1. The zero-order valence-electron chi connectivity index (χ0n) is 10.6. The molecule has 0 bridgehead atoms. The average molecular weight is 253 g/mol. The Kier molecular flexibility index (Phi) is 3.99. The second-order valence-corrected chi connectivity index (χ2v) is 5.18. The first-order valence-electron chi connectivity index (χ1n) is 6.51. The van der Waals surface area contributed by atoms with E-state index in [1.165, 1.54) is 7.11 Å². The Bertz CT molecular complexity index is 362. The van der Waals surface area contributed by atoms with E-state index in [1.807, 2.05) is 0 Å². The lowest BCUT2D eigenvalue weighted by atomic mass is 9.83. The molecule has 18 heavy (non-hydrogen) atoms. The Morgan fingerprint density at radius 2 is 2.06 bits per heavy atom. The van der Waals surface area contributed by atoms with Gasteiger partial charge in [-0.2, -0.15) is 0 Å². The van der Waals surface area contributed by atoms with Crippen LogP contribution in [0.3, 0.4) is 0 Å². The molecular weight excluding hydrogens is 234 g/mol. The molecule has 2 fully saturated rings. The van der Waals surface area contributed by atoms with Crippen molar-refractivity contribution in [3.63, 3.8) is 0 Å². The minimum absolute atomic E-state index is 0.0523. The van der Waals surface area contributed by atoms with Crippen molar-refractivity contribution in [2.45, 2.75) is 44.6 Å². The SMILES string of the molecule is COC(=O)[C@H](NC(=O)C1CC1)[C@@H]1CCCC(=O)C1. The second-order valence-electron chi connectivity index (χ2n) is 5.18. The molecular formula is C13H19NO4. The maximum atomic E-state index is 11.8. The molecule has 0 radical (unpaired) electrons. The molecule has 100 valence electrons. The van der Waals surface area contributed by atoms with E-state index in [0.717, 1.165) is 25.7 Å². The van der Waals surface area contributed by atoms with E-state index < -0.39 is 12.0 Å². The smallest absolute Gasteiger partial charge is 0.328 e. The second kappa shape index (κ2) is 5.50. The van der Waals surface area contributed by atoms with E-state index in [2.05, 4.69) is 5.32 Å². The van der Waals surface area contributed by atoms with Crippen molar-refractivity contribution < 1.29 is 19.1 Å². The fraction of sp³-hybridized carbons (Fsp3) is 0.769. The molecule has 0 aromatic carbocycles. The van der Waals surface area contributed by atoms with E-state index in [4.69, 9.17) is 4.74 Å². The minimum Gasteiger partial charge on any atom is -0.467 e. The van der Waals surface area contributed by atoms with Gasteiger partial charge in [-0.1, -0.05) is 0 Å². The first kappa shape index (κ1) is 13.1. The highest BCUT2D eigenvalue weighted by atomic mass is 16.5. The van der Waals surface area contributed by atoms with Gasteiger partial charge in [-0.05, 0) is 31.6 Å². The van der Waals surface area contributed by atoms with Crippen LogP contribution in [0.15, 0.2) is 0 Å². The van der Waals surface area contributed by atoms with Crippen LogP contribution in [0.1, 0.15) is 38.5 Å². The Morgan fingerprint density at radius 1 is 1.33 bits per heavy atom. The normalized spacial score (nSPS) is 25.4. The summed E-state index contributed by atoms with van der Waals surface area (Å²) in [5.41, 5.74) is 0. The summed E-state index contributed by atoms with van der Waals surface area (Å²) in [5, 5.41) is 2.75. The molecule has 0 aromatic heterocycles. The van der Waals surface area contributed by atoms with Gasteiger partial charge in [0.25, 0.3) is 0 Å². The Hall–Kier alpha value is -1.39. The number of ether oxygens (including phenoxy) is 1. The number of rotatable bonds is 4. The molecule has 2 aliphatic rings. The number of hydrogen-bond donors (Lipinski definition) is 1. The Labute approximate surface area is 106 Å². The van der Waals surface area contributed by atoms with Crippen molar-refractivity contribution in [3.05, 3.63) is 0 Å². The fourth-order valence-corrected chi connectivity index (χ4v) is 2.46. The van der Waals surface area contributed by atoms with Crippen LogP contribution in [0, 0.1) is 11.8 Å². The lowest BCUT2D eigenvalue weighted by Gasteiger charge is -2.28. The Balaban J connectivity index is 2.00. The van der Waals surface area contributed by atoms with Gasteiger partial charge in [0.05, 0.1) is 7.11 Å². The van der Waals surface area contributed by atoms with Crippen LogP contribution in [-0.2, 0) is 19.1 Å². The van der Waals surface area contributed by atoms with Crippen molar-refractivity contribution in [3.8, 4) is 0 Å². The lowest BCUT2D eigenvalue weighted by Crippen LogP contribution is -2.48. The summed E-state index contributed by atoms with van der Waals surface area (Å²) in [6.07, 6.45) is 4.31. The van der Waals surface area contributed by atoms with Crippen molar-refractivity contribution in [1.29, 1.82) is 0 Å². The van der Waals surface area contributed by atoms with Gasteiger partial charge in [0.1, 0.15) is 11.8 Å². The number of ketones is 1. The number of carbonyl (C=O) groups excluding carboxylic acids is 3. The van der Waals surface area contributed by atoms with Crippen LogP contribution in [0.4, 0.5) is 0 Å². The standard InChI is InChI=1S/C13H19NO4/c1-18-13(17)11(14-12(16)8-5-6-8)9-3-2-4-10(15)7-9/h8-9,11H,2-7H2,1H3,(H,14,16)/t9-,11-/m1/s1. The molecule has 0 aliphatic heterocycles. The number of hydrogen-bond acceptors (Lipinski definition) is 4. The molecule has 2 saturated carbocycles. The maximum absolute atomic E-state index is 11.8. The highest BCUT2D eigenvalue weighted by Crippen LogP contribution is 2.30. The Morgan fingerprint density at radius 3 is 2.61 bits per heavy atom. The molecule has 2 atom stereocenters. The number of esters is 1. The quantitative estimate of drug-likeness (QED) is 0.753. The van der Waals surface area contributed by atoms with Crippen LogP contribution < -0.4 is 5.32 Å². The third-order valence-corrected chi connectivity index (χ3v) is 3.69. The van der Waals surface area contributed by atoms with Crippen LogP contribution in [0.2, 0.25) is 0 Å². The van der Waals surface area contributed by atoms with E-state index in [9.17, 15) is 14.4 Å². The van der Waals surface area contributed by atoms with Crippen molar-refractivity contribution in [2.75, 3.05) is 7.11 Å². The summed E-state index contributed by atoms with van der Waals surface area (Å²) in [6, 6.07) is -0.660. The molecule has 2 rings (SSSR count). The van der Waals surface area contributed by atoms with Gasteiger partial charge in [0.2, 0.25) is 5.91 Å². The van der Waals surface area contributed by atoms with Gasteiger partial charge in [0.15, 0.2) is 0 Å². The predicted octanol–water partition coefficient (Wildman–Crippen LogP) is 0.813. The molecule has 5 heteroatoms. The van der Waals surface area contributed by atoms with Crippen molar-refractivity contribution in [2.24, 2.45) is 11.8 Å². The van der Waals surface area contributed by atoms with Gasteiger partial charge in [-0.25, -0.2) is 4.79 Å². The number of nitrogens with one attached hydrogen (secondary N) is 1. The van der Waals surface area contributed by atoms with Crippen LogP contribution in [-0.4, -0.2) is 30.8 Å². The molecule has 0 saturated heterocycles. The van der Waals surface area contributed by atoms with Gasteiger partial charge in [-0.3, -0.25) is 9.59 Å². The molecule has 0 spiro atoms. The third kappa shape index (κ3) is 3.09. The summed E-state index contributed by atoms with van der Waals surface area (Å²) in [7, 11) is 1.31. The van der Waals surface area contributed by atoms with E-state index in [0.29, 0.717) is 12.8 Å². The van der Waals surface area contributed by atoms with Crippen LogP contribution >= 0.6 is 0 Å². The summed E-state index contributed by atoms with van der Waals surface area (Å²) >= 11 is 0. The first-order valence-corrected chi connectivity index (χ1v) is 6.51. The zero-order chi connectivity index (χ0) is 13.1. The lowest BCUT2D eigenvalue weighted by molar-refractivity contribution is -0.147. The summed E-state index contributed by atoms with van der Waals surface area (Å²) in [4.78, 5) is 35.0. The molecule has 0 aromatic rings. The molecule has 2 aliphatic carbocycles. The topological polar surface area (TPSA) is 72.5 Å². The highest BCUT2D eigenvalue weighted by molar-refractivity contribution is 5.88. The number of carbonyl (C=O) groups is 3. The van der Waals surface area contributed by atoms with E-state index >= 15 is 0 Å². The molecule has 1 N–H and O–H groups in total. The van der Waals surface area contributed by atoms with Gasteiger partial charge in [0, 0.05) is 18.8 Å². The predicted molar refractivity (Wildman–Crippen MR) is 63.6 cm³/mol. The highest BCUT2D eigenvalue weighted by Gasteiger charge is 2.37. The molecule has 0 unspecified atom stereocenters. The van der Waals surface area contributed by atoms with Crippen molar-refractivity contribution in [1.82, 2.24) is 5.32 Å².